The second-order valence-electron chi connectivity index (χ2n) is 0.782. The van der Waals surface area contributed by atoms with Gasteiger partial charge in [-0.05, 0) is 0 Å². The van der Waals surface area contributed by atoms with E-state index in [-0.39, 0.29) is 4.98 Å². The zero-order valence-electron chi connectivity index (χ0n) is 2.90. The molecule has 0 aromatic carbocycles. The average molecular weight is 84.1 g/mol. The Morgan fingerprint density at radius 2 is 1.83 bits per heavy atom. The first-order valence-corrected chi connectivity index (χ1v) is 1.43. The van der Waals surface area contributed by atoms with Gasteiger partial charge in [-0.2, -0.15) is 0 Å². The van der Waals surface area contributed by atoms with E-state index in [1.165, 1.54) is 12.4 Å². The summed E-state index contributed by atoms with van der Waals surface area (Å²) in [5.74, 6) is 0. The second kappa shape index (κ2) is 0.965. The molecule has 4 heteroatoms. The minimum atomic E-state index is 0.250. The smallest absolute Gasteiger partial charge is 0.0788 e. The number of nitrogens with zero attached hydrogens (tertiary/aromatic N) is 3. The Bertz CT molecular complexity index is 111. The predicted octanol–water partition coefficient (Wildman–Crippen LogP) is -0.250. The van der Waals surface area contributed by atoms with Gasteiger partial charge in [0.25, 0.3) is 0 Å². The van der Waals surface area contributed by atoms with E-state index in [0.29, 0.717) is 0 Å². The SMILES string of the molecule is O=[N+]1N=CC=N1. The van der Waals surface area contributed by atoms with Gasteiger partial charge in [-0.25, -0.2) is 0 Å². The summed E-state index contributed by atoms with van der Waals surface area (Å²) in [5.41, 5.74) is 0. The third kappa shape index (κ3) is 0.314. The molecule has 0 saturated heterocycles. The Balaban J connectivity index is 2.86. The molecule has 0 saturated carbocycles. The van der Waals surface area contributed by atoms with Crippen molar-refractivity contribution >= 4 is 12.4 Å². The molecule has 0 bridgehead atoms. The Kier molecular flexibility index (Phi) is 0.506. The summed E-state index contributed by atoms with van der Waals surface area (Å²) in [5, 5.41) is 6.33. The van der Waals surface area contributed by atoms with Crippen molar-refractivity contribution in [2.45, 2.75) is 0 Å². The Morgan fingerprint density at radius 3 is 2.00 bits per heavy atom. The molecule has 0 unspecified atom stereocenters. The first-order valence-electron chi connectivity index (χ1n) is 1.43. The lowest BCUT2D eigenvalue weighted by Crippen LogP contribution is -1.76. The van der Waals surface area contributed by atoms with E-state index in [1.54, 1.807) is 0 Å². The molecule has 1 aliphatic rings. The highest BCUT2D eigenvalue weighted by molar-refractivity contribution is 6.16. The van der Waals surface area contributed by atoms with Gasteiger partial charge >= 0.3 is 4.98 Å². The van der Waals surface area contributed by atoms with Gasteiger partial charge in [0.15, 0.2) is 0 Å². The van der Waals surface area contributed by atoms with Crippen molar-refractivity contribution in [2.24, 2.45) is 10.2 Å². The van der Waals surface area contributed by atoms with E-state index in [4.69, 9.17) is 0 Å². The molecule has 0 atom stereocenters. The van der Waals surface area contributed by atoms with Gasteiger partial charge in [-0.15, -0.1) is 0 Å². The summed E-state index contributed by atoms with van der Waals surface area (Å²) in [6.07, 6.45) is 2.65. The molecule has 0 aromatic heterocycles. The number of rotatable bonds is 0. The van der Waals surface area contributed by atoms with Crippen LogP contribution in [-0.4, -0.2) is 17.4 Å². The molecule has 1 heterocycles. The van der Waals surface area contributed by atoms with Gasteiger partial charge in [0, 0.05) is 0 Å². The van der Waals surface area contributed by atoms with E-state index in [1.807, 2.05) is 0 Å². The molecule has 0 aliphatic carbocycles. The number of hydrogen-bond acceptors (Lipinski definition) is 1. The van der Waals surface area contributed by atoms with Crippen LogP contribution in [-0.2, 0) is 0 Å². The summed E-state index contributed by atoms with van der Waals surface area (Å²) in [6.45, 7) is 0. The van der Waals surface area contributed by atoms with E-state index in [0.717, 1.165) is 0 Å². The minimum Gasteiger partial charge on any atom is 0.0788 e. The third-order valence-corrected chi connectivity index (χ3v) is 0.398. The molecule has 0 amide bonds. The molecular weight excluding hydrogens is 82.0 g/mol. The summed E-state index contributed by atoms with van der Waals surface area (Å²) >= 11 is 0. The molecule has 0 radical (unpaired) electrons. The van der Waals surface area contributed by atoms with Crippen molar-refractivity contribution in [3.05, 3.63) is 4.91 Å². The zero-order chi connectivity index (χ0) is 4.41. The summed E-state index contributed by atoms with van der Waals surface area (Å²) in [4.78, 5) is 10.0. The second-order valence-corrected chi connectivity index (χ2v) is 0.782. The van der Waals surface area contributed by atoms with Crippen LogP contribution in [0.15, 0.2) is 10.2 Å². The molecule has 4 nitrogen and oxygen atoms in total. The Morgan fingerprint density at radius 1 is 1.33 bits per heavy atom. The van der Waals surface area contributed by atoms with Gasteiger partial charge in [0.2, 0.25) is 0 Å². The highest BCUT2D eigenvalue weighted by Gasteiger charge is 2.02. The van der Waals surface area contributed by atoms with Crippen LogP contribution in [0.3, 0.4) is 0 Å². The average Bonchev–Trinajstić information content (AvgIpc) is 1.86. The summed E-state index contributed by atoms with van der Waals surface area (Å²) < 4.78 is 0. The largest absolute Gasteiger partial charge is 0.310 e. The summed E-state index contributed by atoms with van der Waals surface area (Å²) in [7, 11) is 0. The highest BCUT2D eigenvalue weighted by atomic mass is 16.3. The van der Waals surface area contributed by atoms with Crippen molar-refractivity contribution in [1.82, 2.24) is 0 Å². The number of hydrazone groups is 2. The Labute approximate surface area is 33.7 Å². The van der Waals surface area contributed by atoms with Crippen molar-refractivity contribution in [3.63, 3.8) is 0 Å². The minimum absolute atomic E-state index is 0.250. The monoisotopic (exact) mass is 84.0 g/mol. The van der Waals surface area contributed by atoms with Crippen LogP contribution >= 0.6 is 0 Å². The molecule has 0 N–H and O–H groups in total. The topological polar surface area (TPSA) is 44.8 Å². The van der Waals surface area contributed by atoms with Crippen LogP contribution in [0.4, 0.5) is 0 Å². The normalized spacial score (nSPS) is 17.0. The van der Waals surface area contributed by atoms with E-state index in [9.17, 15) is 4.91 Å². The number of hydrogen-bond donors (Lipinski definition) is 0. The van der Waals surface area contributed by atoms with Crippen LogP contribution in [0, 0.1) is 4.91 Å². The van der Waals surface area contributed by atoms with Crippen LogP contribution in [0.25, 0.3) is 0 Å². The maximum Gasteiger partial charge on any atom is 0.310 e. The molecule has 0 spiro atoms. The lowest BCUT2D eigenvalue weighted by atomic mass is 10.9. The lowest BCUT2D eigenvalue weighted by molar-refractivity contribution is -0.555. The third-order valence-electron chi connectivity index (χ3n) is 0.398. The van der Waals surface area contributed by atoms with Gasteiger partial charge < -0.3 is 0 Å². The van der Waals surface area contributed by atoms with Gasteiger partial charge in [0.1, 0.15) is 12.4 Å². The van der Waals surface area contributed by atoms with Gasteiger partial charge in [-0.3, -0.25) is 0 Å². The maximum absolute atomic E-state index is 9.76. The van der Waals surface area contributed by atoms with Crippen molar-refractivity contribution < 1.29 is 4.98 Å². The predicted molar refractivity (Wildman–Crippen MR) is 20.6 cm³/mol. The zero-order valence-corrected chi connectivity index (χ0v) is 2.90. The fraction of sp³-hybridized carbons (Fsp3) is 0. The molecular formula is C2H2N3O+. The highest BCUT2D eigenvalue weighted by Crippen LogP contribution is 1.77. The van der Waals surface area contributed by atoms with E-state index < -0.39 is 0 Å². The first-order chi connectivity index (χ1) is 2.89. The molecule has 0 fully saturated rings. The van der Waals surface area contributed by atoms with Gasteiger partial charge in [0.05, 0.1) is 15.1 Å². The summed E-state index contributed by atoms with van der Waals surface area (Å²) in [6, 6.07) is 0. The molecule has 0 aromatic rings. The van der Waals surface area contributed by atoms with E-state index in [2.05, 4.69) is 10.2 Å². The van der Waals surface area contributed by atoms with Crippen molar-refractivity contribution in [3.8, 4) is 0 Å². The van der Waals surface area contributed by atoms with Crippen LogP contribution in [0.2, 0.25) is 0 Å². The van der Waals surface area contributed by atoms with Gasteiger partial charge in [-0.1, -0.05) is 0 Å². The molecule has 30 valence electrons. The van der Waals surface area contributed by atoms with Crippen LogP contribution in [0.1, 0.15) is 0 Å². The fourth-order valence-electron chi connectivity index (χ4n) is 0.204. The first kappa shape index (κ1) is 3.14. The molecule has 1 rings (SSSR count). The molecule has 6 heavy (non-hydrogen) atoms. The quantitative estimate of drug-likeness (QED) is 0.373. The lowest BCUT2D eigenvalue weighted by Gasteiger charge is -1.48. The van der Waals surface area contributed by atoms with Crippen LogP contribution in [0.5, 0.6) is 0 Å². The Hall–Kier alpha value is -1.06. The fourth-order valence-corrected chi connectivity index (χ4v) is 0.204. The molecule has 1 aliphatic heterocycles. The maximum atomic E-state index is 9.76. The van der Waals surface area contributed by atoms with E-state index >= 15 is 0 Å². The van der Waals surface area contributed by atoms with Crippen molar-refractivity contribution in [1.29, 1.82) is 0 Å². The standard InChI is InChI=1S/C2H2N3O/c6-5-3-1-2-4-5/h1-2H/q+1. The van der Waals surface area contributed by atoms with Crippen LogP contribution < -0.4 is 0 Å². The number of nitroso groups, excluding NO2 is 1. The van der Waals surface area contributed by atoms with Crippen molar-refractivity contribution in [2.75, 3.05) is 0 Å².